The summed E-state index contributed by atoms with van der Waals surface area (Å²) in [4.78, 5) is 3.99. The van der Waals surface area contributed by atoms with E-state index in [0.717, 1.165) is 11.3 Å². The van der Waals surface area contributed by atoms with Gasteiger partial charge in [-0.05, 0) is 46.2 Å². The van der Waals surface area contributed by atoms with Gasteiger partial charge in [0.15, 0.2) is 0 Å². The fourth-order valence-corrected chi connectivity index (χ4v) is 1.70. The van der Waals surface area contributed by atoms with E-state index in [1.165, 1.54) is 0 Å². The average Bonchev–Trinajstić information content (AvgIpc) is 2.18. The summed E-state index contributed by atoms with van der Waals surface area (Å²) in [5.74, 6) is 0.733. The summed E-state index contributed by atoms with van der Waals surface area (Å²) in [6.45, 7) is 3.52. The smallest absolute Gasteiger partial charge is 0.142 e. The van der Waals surface area contributed by atoms with Crippen molar-refractivity contribution in [3.63, 3.8) is 0 Å². The zero-order chi connectivity index (χ0) is 10.4. The third-order valence-electron chi connectivity index (χ3n) is 1.60. The number of aromatic nitrogens is 1. The van der Waals surface area contributed by atoms with Gasteiger partial charge in [0.25, 0.3) is 0 Å². The van der Waals surface area contributed by atoms with Crippen LogP contribution in [-0.2, 0) is 4.52 Å². The fraction of sp³-hybridized carbons (Fsp3) is 0.375. The topological polar surface area (TPSA) is 31.4 Å². The average molecular weight is 321 g/mol. The molecule has 0 amide bonds. The van der Waals surface area contributed by atoms with Crippen molar-refractivity contribution in [2.24, 2.45) is 0 Å². The first-order chi connectivity index (χ1) is 6.74. The number of hydrogen-bond acceptors (Lipinski definition) is 3. The van der Waals surface area contributed by atoms with Crippen LogP contribution in [0, 0.1) is 6.92 Å². The molecule has 1 unspecified atom stereocenters. The Bertz CT molecular complexity index is 301. The minimum absolute atomic E-state index is 0.475. The summed E-state index contributed by atoms with van der Waals surface area (Å²) in [5.41, 5.74) is 1.47. The molecular weight excluding hydrogens is 311 g/mol. The van der Waals surface area contributed by atoms with E-state index in [0.29, 0.717) is 25.3 Å². The second-order valence-corrected chi connectivity index (χ2v) is 4.41. The van der Waals surface area contributed by atoms with Gasteiger partial charge in [0.2, 0.25) is 0 Å². The van der Waals surface area contributed by atoms with E-state index >= 15 is 0 Å². The van der Waals surface area contributed by atoms with Crippen molar-refractivity contribution in [2.75, 3.05) is 13.2 Å². The van der Waals surface area contributed by atoms with Crippen LogP contribution >= 0.6 is 28.5 Å². The summed E-state index contributed by atoms with van der Waals surface area (Å²) in [6, 6.07) is 1.87. The lowest BCUT2D eigenvalue weighted by atomic mass is 9.99. The van der Waals surface area contributed by atoms with E-state index in [1.807, 2.05) is 13.0 Å². The molecule has 0 aromatic carbocycles. The molecule has 0 saturated heterocycles. The van der Waals surface area contributed by atoms with Gasteiger partial charge in [0.05, 0.1) is 19.3 Å². The van der Waals surface area contributed by atoms with Crippen molar-refractivity contribution in [3.05, 3.63) is 17.8 Å². The van der Waals surface area contributed by atoms with Crippen molar-refractivity contribution >= 4 is 41.9 Å². The summed E-state index contributed by atoms with van der Waals surface area (Å²) in [7, 11) is 5.57. The van der Waals surface area contributed by atoms with Crippen LogP contribution in [0.4, 0.5) is 0 Å². The van der Waals surface area contributed by atoms with Gasteiger partial charge in [-0.15, -0.1) is 0 Å². The Hall–Kier alpha value is 0.135. The molecule has 0 fully saturated rings. The SMILES string of the molecule is [B]c1ncc(OCCOPI)cc1C. The Balaban J connectivity index is 2.39. The number of rotatable bonds is 5. The van der Waals surface area contributed by atoms with Gasteiger partial charge >= 0.3 is 0 Å². The second-order valence-electron chi connectivity index (χ2n) is 2.65. The lowest BCUT2D eigenvalue weighted by Crippen LogP contribution is -2.12. The van der Waals surface area contributed by atoms with Gasteiger partial charge in [-0.2, -0.15) is 0 Å². The standard InChI is InChI=1S/C8H10BINO2P/c1-6-4-7(5-11-8(6)9)12-2-3-13-14-10/h4-5,14H,2-3H2,1H3. The molecule has 0 bridgehead atoms. The van der Waals surface area contributed by atoms with E-state index in [4.69, 9.17) is 17.1 Å². The zero-order valence-electron chi connectivity index (χ0n) is 7.79. The number of hydrogen-bond donors (Lipinski definition) is 0. The van der Waals surface area contributed by atoms with Gasteiger partial charge in [-0.25, -0.2) is 0 Å². The van der Waals surface area contributed by atoms with E-state index in [2.05, 4.69) is 27.0 Å². The minimum Gasteiger partial charge on any atom is -0.490 e. The predicted octanol–water partition coefficient (Wildman–Crippen LogP) is 1.52. The zero-order valence-corrected chi connectivity index (χ0v) is 10.9. The van der Waals surface area contributed by atoms with E-state index < -0.39 is 0 Å². The lowest BCUT2D eigenvalue weighted by Gasteiger charge is -2.07. The molecule has 0 spiro atoms. The molecule has 1 atom stereocenters. The molecule has 1 heterocycles. The first kappa shape index (κ1) is 12.2. The molecule has 1 aromatic heterocycles. The van der Waals surface area contributed by atoms with Crippen LogP contribution in [0.3, 0.4) is 0 Å². The van der Waals surface area contributed by atoms with Crippen molar-refractivity contribution in [2.45, 2.75) is 6.92 Å². The first-order valence-corrected chi connectivity index (χ1v) is 8.08. The number of ether oxygens (including phenoxy) is 1. The van der Waals surface area contributed by atoms with Crippen molar-refractivity contribution in [1.29, 1.82) is 0 Å². The molecule has 0 N–H and O–H groups in total. The number of pyridine rings is 1. The lowest BCUT2D eigenvalue weighted by molar-refractivity contribution is 0.236. The third-order valence-corrected chi connectivity index (χ3v) is 2.85. The maximum Gasteiger partial charge on any atom is 0.142 e. The summed E-state index contributed by atoms with van der Waals surface area (Å²) >= 11 is 2.17. The van der Waals surface area contributed by atoms with Crippen LogP contribution in [0.25, 0.3) is 0 Å². The van der Waals surface area contributed by atoms with Crippen LogP contribution in [0.2, 0.25) is 0 Å². The monoisotopic (exact) mass is 321 g/mol. The Morgan fingerprint density at radius 3 is 3.00 bits per heavy atom. The Labute approximate surface area is 99.7 Å². The molecule has 2 radical (unpaired) electrons. The van der Waals surface area contributed by atoms with Crippen LogP contribution in [0.1, 0.15) is 5.56 Å². The van der Waals surface area contributed by atoms with Gasteiger partial charge in [-0.1, -0.05) is 0 Å². The minimum atomic E-state index is 0.475. The van der Waals surface area contributed by atoms with E-state index in [-0.39, 0.29) is 0 Å². The quantitative estimate of drug-likeness (QED) is 0.357. The van der Waals surface area contributed by atoms with E-state index in [9.17, 15) is 0 Å². The van der Waals surface area contributed by atoms with Gasteiger partial charge in [0, 0.05) is 0 Å². The normalized spacial score (nSPS) is 11.0. The fourth-order valence-electron chi connectivity index (χ4n) is 0.878. The van der Waals surface area contributed by atoms with E-state index in [1.54, 1.807) is 6.20 Å². The molecule has 0 aliphatic rings. The Kier molecular flexibility index (Phi) is 5.74. The van der Waals surface area contributed by atoms with Gasteiger partial charge in [-0.3, -0.25) is 4.98 Å². The van der Waals surface area contributed by atoms with Crippen molar-refractivity contribution < 1.29 is 9.26 Å². The molecule has 0 aliphatic carbocycles. The number of nitrogens with zero attached hydrogens (tertiary/aromatic N) is 1. The van der Waals surface area contributed by atoms with Gasteiger partial charge in [0.1, 0.15) is 20.2 Å². The summed E-state index contributed by atoms with van der Waals surface area (Å²) in [6.07, 6.45) is 1.62. The number of aryl methyl sites for hydroxylation is 1. The molecular formula is C8H10BINO2P. The van der Waals surface area contributed by atoms with Crippen molar-refractivity contribution in [1.82, 2.24) is 4.98 Å². The largest absolute Gasteiger partial charge is 0.490 e. The Morgan fingerprint density at radius 2 is 2.36 bits per heavy atom. The molecule has 14 heavy (non-hydrogen) atoms. The summed E-state index contributed by atoms with van der Waals surface area (Å²) in [5, 5.41) is 0. The molecule has 74 valence electrons. The summed E-state index contributed by atoms with van der Waals surface area (Å²) < 4.78 is 10.6. The molecule has 6 heteroatoms. The molecule has 1 rings (SSSR count). The third kappa shape index (κ3) is 4.11. The van der Waals surface area contributed by atoms with Crippen LogP contribution in [0.5, 0.6) is 5.75 Å². The molecule has 3 nitrogen and oxygen atoms in total. The second kappa shape index (κ2) is 6.59. The first-order valence-electron chi connectivity index (χ1n) is 4.06. The van der Waals surface area contributed by atoms with Crippen molar-refractivity contribution in [3.8, 4) is 5.75 Å². The molecule has 0 aliphatic heterocycles. The van der Waals surface area contributed by atoms with Crippen LogP contribution < -0.4 is 10.3 Å². The van der Waals surface area contributed by atoms with Crippen LogP contribution in [-0.4, -0.2) is 26.0 Å². The van der Waals surface area contributed by atoms with Crippen LogP contribution in [0.15, 0.2) is 12.3 Å². The maximum absolute atomic E-state index is 5.57. The highest BCUT2D eigenvalue weighted by molar-refractivity contribution is 14.2. The maximum atomic E-state index is 5.57. The van der Waals surface area contributed by atoms with Gasteiger partial charge < -0.3 is 9.26 Å². The highest BCUT2D eigenvalue weighted by Crippen LogP contribution is 2.21. The highest BCUT2D eigenvalue weighted by atomic mass is 127. The highest BCUT2D eigenvalue weighted by Gasteiger charge is 1.97. The Morgan fingerprint density at radius 1 is 1.57 bits per heavy atom. The predicted molar refractivity (Wildman–Crippen MR) is 68.1 cm³/mol. The molecule has 1 aromatic rings. The number of halogens is 1. The molecule has 0 saturated carbocycles.